The fraction of sp³-hybridized carbons (Fsp3) is 0.545. The zero-order valence-corrected chi connectivity index (χ0v) is 15.9. The van der Waals surface area contributed by atoms with Gasteiger partial charge in [-0.1, -0.05) is 49.6 Å². The third-order valence-electron chi connectivity index (χ3n) is 5.74. The van der Waals surface area contributed by atoms with Crippen LogP contribution < -0.4 is 5.32 Å². The van der Waals surface area contributed by atoms with E-state index in [1.165, 1.54) is 43.2 Å². The highest BCUT2D eigenvalue weighted by Crippen LogP contribution is 2.27. The highest BCUT2D eigenvalue weighted by Gasteiger charge is 2.26. The summed E-state index contributed by atoms with van der Waals surface area (Å²) in [6.45, 7) is 1.96. The standard InChI is InChI=1S/C22H29N3O2/c26-21(13-17-7-3-1-4-8-17)23-14-20-22-19(11-12-27-20)16-25(24-22)15-18-9-5-2-6-10-18/h2,5-6,9-10,16-17,20H,1,3-4,7-8,11-15H2,(H,23,26)/t20-/m1/s1. The maximum Gasteiger partial charge on any atom is 0.220 e. The van der Waals surface area contributed by atoms with Crippen LogP contribution in [-0.4, -0.2) is 28.8 Å². The van der Waals surface area contributed by atoms with E-state index < -0.39 is 0 Å². The predicted molar refractivity (Wildman–Crippen MR) is 104 cm³/mol. The number of hydrogen-bond donors (Lipinski definition) is 1. The van der Waals surface area contributed by atoms with Gasteiger partial charge in [0, 0.05) is 19.2 Å². The van der Waals surface area contributed by atoms with Crippen molar-refractivity contribution in [2.45, 2.75) is 57.6 Å². The lowest BCUT2D eigenvalue weighted by molar-refractivity contribution is -0.123. The van der Waals surface area contributed by atoms with Gasteiger partial charge in [0.15, 0.2) is 0 Å². The zero-order chi connectivity index (χ0) is 18.5. The second-order valence-electron chi connectivity index (χ2n) is 7.84. The lowest BCUT2D eigenvalue weighted by Crippen LogP contribution is -2.33. The molecule has 5 heteroatoms. The molecular weight excluding hydrogens is 338 g/mol. The maximum absolute atomic E-state index is 12.3. The van der Waals surface area contributed by atoms with Crippen molar-refractivity contribution in [2.24, 2.45) is 5.92 Å². The second kappa shape index (κ2) is 8.70. The van der Waals surface area contributed by atoms with E-state index in [-0.39, 0.29) is 12.0 Å². The fourth-order valence-electron chi connectivity index (χ4n) is 4.27. The highest BCUT2D eigenvalue weighted by molar-refractivity contribution is 5.76. The van der Waals surface area contributed by atoms with Gasteiger partial charge in [0.05, 0.1) is 18.8 Å². The summed E-state index contributed by atoms with van der Waals surface area (Å²) < 4.78 is 7.91. The van der Waals surface area contributed by atoms with Crippen LogP contribution in [0, 0.1) is 5.92 Å². The molecule has 0 unspecified atom stereocenters. The van der Waals surface area contributed by atoms with Crippen molar-refractivity contribution in [2.75, 3.05) is 13.2 Å². The third kappa shape index (κ3) is 4.78. The maximum atomic E-state index is 12.3. The van der Waals surface area contributed by atoms with E-state index in [0.29, 0.717) is 25.5 Å². The van der Waals surface area contributed by atoms with E-state index in [9.17, 15) is 4.79 Å². The molecular formula is C22H29N3O2. The van der Waals surface area contributed by atoms with Crippen molar-refractivity contribution in [1.29, 1.82) is 0 Å². The van der Waals surface area contributed by atoms with Crippen LogP contribution in [0.5, 0.6) is 0 Å². The molecule has 1 atom stereocenters. The first-order chi connectivity index (χ1) is 13.3. The number of benzene rings is 1. The molecule has 1 aromatic carbocycles. The molecule has 1 aromatic heterocycles. The molecule has 1 aliphatic heterocycles. The Kier molecular flexibility index (Phi) is 5.87. The van der Waals surface area contributed by atoms with Gasteiger partial charge >= 0.3 is 0 Å². The lowest BCUT2D eigenvalue weighted by atomic mass is 9.87. The van der Waals surface area contributed by atoms with Crippen molar-refractivity contribution in [1.82, 2.24) is 15.1 Å². The van der Waals surface area contributed by atoms with Crippen LogP contribution in [0.2, 0.25) is 0 Å². The summed E-state index contributed by atoms with van der Waals surface area (Å²) in [5.74, 6) is 0.716. The molecule has 2 heterocycles. The first kappa shape index (κ1) is 18.2. The number of rotatable bonds is 6. The van der Waals surface area contributed by atoms with Gasteiger partial charge in [0.25, 0.3) is 0 Å². The van der Waals surface area contributed by atoms with Crippen molar-refractivity contribution in [3.63, 3.8) is 0 Å². The average molecular weight is 367 g/mol. The Morgan fingerprint density at radius 1 is 1.19 bits per heavy atom. The average Bonchev–Trinajstić information content (AvgIpc) is 3.11. The molecule has 1 amide bonds. The molecule has 2 aromatic rings. The highest BCUT2D eigenvalue weighted by atomic mass is 16.5. The Labute approximate surface area is 161 Å². The van der Waals surface area contributed by atoms with Gasteiger partial charge in [0.1, 0.15) is 6.10 Å². The molecule has 27 heavy (non-hydrogen) atoms. The molecule has 1 N–H and O–H groups in total. The molecule has 4 rings (SSSR count). The van der Waals surface area contributed by atoms with Crippen molar-refractivity contribution in [3.05, 3.63) is 53.3 Å². The van der Waals surface area contributed by atoms with E-state index in [4.69, 9.17) is 9.84 Å². The largest absolute Gasteiger partial charge is 0.370 e. The van der Waals surface area contributed by atoms with E-state index in [1.807, 2.05) is 22.9 Å². The fourth-order valence-corrected chi connectivity index (χ4v) is 4.27. The summed E-state index contributed by atoms with van der Waals surface area (Å²) >= 11 is 0. The van der Waals surface area contributed by atoms with E-state index in [1.54, 1.807) is 0 Å². The molecule has 1 saturated carbocycles. The normalized spacial score (nSPS) is 20.2. The van der Waals surface area contributed by atoms with Crippen LogP contribution in [0.1, 0.15) is 61.4 Å². The van der Waals surface area contributed by atoms with Crippen LogP contribution in [0.3, 0.4) is 0 Å². The Morgan fingerprint density at radius 3 is 2.81 bits per heavy atom. The number of nitrogens with one attached hydrogen (secondary N) is 1. The summed E-state index contributed by atoms with van der Waals surface area (Å²) in [5, 5.41) is 7.85. The SMILES string of the molecule is O=C(CC1CCCCC1)NC[C@H]1OCCc2cn(Cc3ccccc3)nc21. The van der Waals surface area contributed by atoms with E-state index >= 15 is 0 Å². The van der Waals surface area contributed by atoms with Gasteiger partial charge in [-0.15, -0.1) is 0 Å². The third-order valence-corrected chi connectivity index (χ3v) is 5.74. The van der Waals surface area contributed by atoms with Crippen LogP contribution in [0.25, 0.3) is 0 Å². The number of ether oxygens (including phenoxy) is 1. The van der Waals surface area contributed by atoms with E-state index in [2.05, 4.69) is 23.6 Å². The lowest BCUT2D eigenvalue weighted by Gasteiger charge is -2.24. The Morgan fingerprint density at radius 2 is 2.00 bits per heavy atom. The van der Waals surface area contributed by atoms with Gasteiger partial charge < -0.3 is 10.1 Å². The molecule has 0 saturated heterocycles. The van der Waals surface area contributed by atoms with Gasteiger partial charge in [0.2, 0.25) is 5.91 Å². The smallest absolute Gasteiger partial charge is 0.220 e. The molecule has 1 aliphatic carbocycles. The van der Waals surface area contributed by atoms with Gasteiger partial charge in [-0.05, 0) is 36.3 Å². The van der Waals surface area contributed by atoms with Crippen LogP contribution in [0.4, 0.5) is 0 Å². The molecule has 144 valence electrons. The molecule has 0 radical (unpaired) electrons. The summed E-state index contributed by atoms with van der Waals surface area (Å²) in [7, 11) is 0. The van der Waals surface area contributed by atoms with Crippen molar-refractivity contribution < 1.29 is 9.53 Å². The van der Waals surface area contributed by atoms with Gasteiger partial charge in [-0.25, -0.2) is 0 Å². The summed E-state index contributed by atoms with van der Waals surface area (Å²) in [5.41, 5.74) is 3.45. The van der Waals surface area contributed by atoms with Crippen LogP contribution in [-0.2, 0) is 22.5 Å². The molecule has 0 spiro atoms. The number of amides is 1. The quantitative estimate of drug-likeness (QED) is 0.848. The molecule has 2 aliphatic rings. The zero-order valence-electron chi connectivity index (χ0n) is 15.9. The minimum atomic E-state index is -0.138. The Balaban J connectivity index is 1.34. The number of nitrogens with zero attached hydrogens (tertiary/aromatic N) is 2. The summed E-state index contributed by atoms with van der Waals surface area (Å²) in [6.07, 6.45) is 9.78. The minimum absolute atomic E-state index is 0.138. The summed E-state index contributed by atoms with van der Waals surface area (Å²) in [6, 6.07) is 10.3. The minimum Gasteiger partial charge on any atom is -0.370 e. The first-order valence-corrected chi connectivity index (χ1v) is 10.3. The molecule has 0 bridgehead atoms. The monoisotopic (exact) mass is 367 g/mol. The molecule has 5 nitrogen and oxygen atoms in total. The predicted octanol–water partition coefficient (Wildman–Crippen LogP) is 3.63. The number of carbonyl (C=O) groups excluding carboxylic acids is 1. The number of fused-ring (bicyclic) bond motifs is 1. The number of carbonyl (C=O) groups is 1. The molecule has 1 fully saturated rings. The van der Waals surface area contributed by atoms with Crippen LogP contribution >= 0.6 is 0 Å². The Hall–Kier alpha value is -2.14. The van der Waals surface area contributed by atoms with Crippen LogP contribution in [0.15, 0.2) is 36.5 Å². The number of aromatic nitrogens is 2. The Bertz CT molecular complexity index is 750. The van der Waals surface area contributed by atoms with Crippen molar-refractivity contribution in [3.8, 4) is 0 Å². The summed E-state index contributed by atoms with van der Waals surface area (Å²) in [4.78, 5) is 12.3. The topological polar surface area (TPSA) is 56.1 Å². The number of hydrogen-bond acceptors (Lipinski definition) is 3. The second-order valence-corrected chi connectivity index (χ2v) is 7.84. The van der Waals surface area contributed by atoms with Crippen molar-refractivity contribution >= 4 is 5.91 Å². The van der Waals surface area contributed by atoms with Gasteiger partial charge in [-0.2, -0.15) is 5.10 Å². The van der Waals surface area contributed by atoms with Gasteiger partial charge in [-0.3, -0.25) is 9.48 Å². The first-order valence-electron chi connectivity index (χ1n) is 10.3. The van der Waals surface area contributed by atoms with E-state index in [0.717, 1.165) is 18.7 Å².